The third-order valence-corrected chi connectivity index (χ3v) is 3.80. The van der Waals surface area contributed by atoms with Crippen LogP contribution < -0.4 is 4.90 Å². The van der Waals surface area contributed by atoms with Crippen LogP contribution in [-0.2, 0) is 9.84 Å². The van der Waals surface area contributed by atoms with Crippen LogP contribution >= 0.6 is 0 Å². The Balaban J connectivity index is 2.72. The Morgan fingerprint density at radius 2 is 2.00 bits per heavy atom. The van der Waals surface area contributed by atoms with Crippen LogP contribution in [-0.4, -0.2) is 20.1 Å². The Labute approximate surface area is 88.4 Å². The first-order valence-corrected chi connectivity index (χ1v) is 6.13. The van der Waals surface area contributed by atoms with Crippen LogP contribution in [0.2, 0.25) is 0 Å². The summed E-state index contributed by atoms with van der Waals surface area (Å²) in [5, 5.41) is 10.4. The zero-order valence-corrected chi connectivity index (χ0v) is 9.03. The molecule has 0 aromatic heterocycles. The zero-order valence-electron chi connectivity index (χ0n) is 8.21. The number of sulfone groups is 1. The number of benzene rings is 1. The highest BCUT2D eigenvalue weighted by Crippen LogP contribution is 2.32. The number of fused-ring (bicyclic) bond motifs is 1. The van der Waals surface area contributed by atoms with E-state index in [-0.39, 0.29) is 10.8 Å². The van der Waals surface area contributed by atoms with Gasteiger partial charge in [0.1, 0.15) is 0 Å². The van der Waals surface area contributed by atoms with E-state index < -0.39 is 9.84 Å². The first-order chi connectivity index (χ1) is 7.06. The molecule has 0 aliphatic carbocycles. The van der Waals surface area contributed by atoms with Gasteiger partial charge in [0, 0.05) is 6.54 Å². The summed E-state index contributed by atoms with van der Waals surface area (Å²) in [6.45, 7) is 2.37. The van der Waals surface area contributed by atoms with Gasteiger partial charge in [0.05, 0.1) is 16.0 Å². The van der Waals surface area contributed by atoms with Gasteiger partial charge in [-0.3, -0.25) is 0 Å². The van der Waals surface area contributed by atoms with Gasteiger partial charge in [-0.15, -0.1) is 0 Å². The highest BCUT2D eigenvalue weighted by Gasteiger charge is 2.27. The normalized spacial score (nSPS) is 18.2. The maximum Gasteiger partial charge on any atom is 0.207 e. The van der Waals surface area contributed by atoms with Crippen molar-refractivity contribution < 1.29 is 13.5 Å². The van der Waals surface area contributed by atoms with E-state index in [1.54, 1.807) is 23.1 Å². The van der Waals surface area contributed by atoms with Crippen molar-refractivity contribution in [3.63, 3.8) is 0 Å². The van der Waals surface area contributed by atoms with Crippen LogP contribution in [0.4, 0.5) is 5.69 Å². The van der Waals surface area contributed by atoms with Crippen molar-refractivity contribution in [3.8, 4) is 0 Å². The van der Waals surface area contributed by atoms with Crippen molar-refractivity contribution in [2.75, 3.05) is 11.4 Å². The number of anilines is 1. The van der Waals surface area contributed by atoms with Gasteiger partial charge in [-0.05, 0) is 19.1 Å². The van der Waals surface area contributed by atoms with E-state index in [2.05, 4.69) is 0 Å². The fraction of sp³-hybridized carbons (Fsp3) is 0.200. The van der Waals surface area contributed by atoms with E-state index in [0.29, 0.717) is 12.2 Å². The summed E-state index contributed by atoms with van der Waals surface area (Å²) >= 11 is 0. The summed E-state index contributed by atoms with van der Waals surface area (Å²) in [6, 6.07) is 6.63. The SMILES string of the molecule is CCN1C(O)=CS(=O)(=O)c2ccccc21. The first-order valence-electron chi connectivity index (χ1n) is 4.58. The van der Waals surface area contributed by atoms with Crippen molar-refractivity contribution >= 4 is 15.5 Å². The second-order valence-electron chi connectivity index (χ2n) is 3.23. The molecule has 1 aromatic carbocycles. The lowest BCUT2D eigenvalue weighted by atomic mass is 10.3. The van der Waals surface area contributed by atoms with Gasteiger partial charge < -0.3 is 10.0 Å². The quantitative estimate of drug-likeness (QED) is 0.789. The molecule has 0 atom stereocenters. The second kappa shape index (κ2) is 3.27. The molecular weight excluding hydrogens is 214 g/mol. The molecule has 2 rings (SSSR count). The number of nitrogens with zero attached hydrogens (tertiary/aromatic N) is 1. The van der Waals surface area contributed by atoms with Crippen molar-refractivity contribution in [3.05, 3.63) is 35.6 Å². The Morgan fingerprint density at radius 3 is 2.67 bits per heavy atom. The van der Waals surface area contributed by atoms with Crippen molar-refractivity contribution in [2.24, 2.45) is 0 Å². The number of rotatable bonds is 1. The van der Waals surface area contributed by atoms with Crippen molar-refractivity contribution in [1.29, 1.82) is 0 Å². The van der Waals surface area contributed by atoms with Gasteiger partial charge in [0.15, 0.2) is 0 Å². The summed E-state index contributed by atoms with van der Waals surface area (Å²) in [5.41, 5.74) is 0.528. The van der Waals surface area contributed by atoms with Crippen LogP contribution in [0.25, 0.3) is 0 Å². The maximum absolute atomic E-state index is 11.7. The highest BCUT2D eigenvalue weighted by atomic mass is 32.2. The summed E-state index contributed by atoms with van der Waals surface area (Å²) in [4.78, 5) is 1.79. The molecule has 4 nitrogen and oxygen atoms in total. The van der Waals surface area contributed by atoms with E-state index in [4.69, 9.17) is 0 Å². The molecule has 1 aliphatic rings. The number of para-hydroxylation sites is 1. The average Bonchev–Trinajstić information content (AvgIpc) is 2.17. The highest BCUT2D eigenvalue weighted by molar-refractivity contribution is 7.94. The van der Waals surface area contributed by atoms with E-state index in [9.17, 15) is 13.5 Å². The summed E-state index contributed by atoms with van der Waals surface area (Å²) in [5.74, 6) is -0.226. The summed E-state index contributed by atoms with van der Waals surface area (Å²) in [6.07, 6.45) is 0. The zero-order chi connectivity index (χ0) is 11.1. The van der Waals surface area contributed by atoms with Crippen LogP contribution in [0.15, 0.2) is 40.5 Å². The lowest BCUT2D eigenvalue weighted by molar-refractivity contribution is 0.390. The van der Waals surface area contributed by atoms with Crippen LogP contribution in [0.5, 0.6) is 0 Å². The molecule has 0 radical (unpaired) electrons. The largest absolute Gasteiger partial charge is 0.494 e. The standard InChI is InChI=1S/C10H11NO3S/c1-2-11-8-5-3-4-6-9(8)15(13,14)7-10(11)12/h3-7,12H,2H2,1H3. The summed E-state index contributed by atoms with van der Waals surface area (Å²) in [7, 11) is -3.49. The molecular formula is C10H11NO3S. The number of aliphatic hydroxyl groups is 1. The molecule has 0 saturated carbocycles. The Hall–Kier alpha value is -1.49. The Morgan fingerprint density at radius 1 is 1.33 bits per heavy atom. The van der Waals surface area contributed by atoms with E-state index >= 15 is 0 Å². The van der Waals surface area contributed by atoms with Crippen LogP contribution in [0.1, 0.15) is 6.92 Å². The molecule has 0 spiro atoms. The third-order valence-electron chi connectivity index (χ3n) is 2.32. The molecule has 80 valence electrons. The minimum absolute atomic E-state index is 0.226. The van der Waals surface area contributed by atoms with E-state index in [1.807, 2.05) is 6.92 Å². The van der Waals surface area contributed by atoms with E-state index in [1.165, 1.54) is 6.07 Å². The predicted octanol–water partition coefficient (Wildman–Crippen LogP) is 1.66. The minimum atomic E-state index is -3.49. The third kappa shape index (κ3) is 1.48. The van der Waals surface area contributed by atoms with Crippen molar-refractivity contribution in [1.82, 2.24) is 0 Å². The van der Waals surface area contributed by atoms with Crippen molar-refractivity contribution in [2.45, 2.75) is 11.8 Å². The van der Waals surface area contributed by atoms with Crippen LogP contribution in [0.3, 0.4) is 0 Å². The average molecular weight is 225 g/mol. The number of hydrogen-bond acceptors (Lipinski definition) is 4. The lowest BCUT2D eigenvalue weighted by Gasteiger charge is -2.27. The topological polar surface area (TPSA) is 57.6 Å². The number of hydrogen-bond donors (Lipinski definition) is 1. The Kier molecular flexibility index (Phi) is 2.19. The van der Waals surface area contributed by atoms with Gasteiger partial charge in [-0.2, -0.15) is 0 Å². The van der Waals surface area contributed by atoms with Gasteiger partial charge in [0.25, 0.3) is 0 Å². The maximum atomic E-state index is 11.7. The molecule has 1 heterocycles. The number of aliphatic hydroxyl groups excluding tert-OH is 1. The minimum Gasteiger partial charge on any atom is -0.494 e. The second-order valence-corrected chi connectivity index (χ2v) is 5.00. The fourth-order valence-electron chi connectivity index (χ4n) is 1.64. The lowest BCUT2D eigenvalue weighted by Crippen LogP contribution is -2.27. The van der Waals surface area contributed by atoms with Gasteiger partial charge >= 0.3 is 0 Å². The molecule has 1 aromatic rings. The Bertz CT molecular complexity index is 519. The predicted molar refractivity (Wildman–Crippen MR) is 57.4 cm³/mol. The monoisotopic (exact) mass is 225 g/mol. The van der Waals surface area contributed by atoms with Gasteiger partial charge in [0.2, 0.25) is 15.7 Å². The molecule has 1 aliphatic heterocycles. The summed E-state index contributed by atoms with van der Waals surface area (Å²) < 4.78 is 23.4. The van der Waals surface area contributed by atoms with E-state index in [0.717, 1.165) is 5.41 Å². The molecule has 0 amide bonds. The molecule has 0 unspecified atom stereocenters. The van der Waals surface area contributed by atoms with Gasteiger partial charge in [-0.1, -0.05) is 12.1 Å². The molecule has 0 bridgehead atoms. The molecule has 15 heavy (non-hydrogen) atoms. The molecule has 1 N–H and O–H groups in total. The smallest absolute Gasteiger partial charge is 0.207 e. The molecule has 0 saturated heterocycles. The fourth-order valence-corrected chi connectivity index (χ4v) is 2.91. The molecule has 5 heteroatoms. The first kappa shape index (κ1) is 10.0. The van der Waals surface area contributed by atoms with Crippen LogP contribution in [0, 0.1) is 0 Å². The van der Waals surface area contributed by atoms with Gasteiger partial charge in [-0.25, -0.2) is 8.42 Å². The molecule has 0 fully saturated rings.